The van der Waals surface area contributed by atoms with Crippen LogP contribution >= 0.6 is 0 Å². The van der Waals surface area contributed by atoms with Crippen molar-refractivity contribution in [3.05, 3.63) is 0 Å². The van der Waals surface area contributed by atoms with Crippen LogP contribution in [-0.4, -0.2) is 50.3 Å². The SMILES string of the molecule is CN(CCC1CCCCN1)C1CCOC1. The van der Waals surface area contributed by atoms with E-state index in [0.29, 0.717) is 6.04 Å². The quantitative estimate of drug-likeness (QED) is 0.759. The van der Waals surface area contributed by atoms with Crippen molar-refractivity contribution in [2.75, 3.05) is 33.4 Å². The average molecular weight is 212 g/mol. The van der Waals surface area contributed by atoms with Crippen molar-refractivity contribution in [1.29, 1.82) is 0 Å². The van der Waals surface area contributed by atoms with Gasteiger partial charge < -0.3 is 15.0 Å². The Morgan fingerprint density at radius 2 is 2.27 bits per heavy atom. The fourth-order valence-corrected chi connectivity index (χ4v) is 2.58. The third-order valence-corrected chi connectivity index (χ3v) is 3.77. The second-order valence-electron chi connectivity index (χ2n) is 4.93. The number of nitrogens with zero attached hydrogens (tertiary/aromatic N) is 1. The van der Waals surface area contributed by atoms with E-state index < -0.39 is 0 Å². The topological polar surface area (TPSA) is 24.5 Å². The van der Waals surface area contributed by atoms with Gasteiger partial charge >= 0.3 is 0 Å². The molecule has 0 amide bonds. The van der Waals surface area contributed by atoms with E-state index in [1.807, 2.05) is 0 Å². The Bertz CT molecular complexity index is 174. The van der Waals surface area contributed by atoms with Crippen molar-refractivity contribution < 1.29 is 4.74 Å². The minimum atomic E-state index is 0.675. The van der Waals surface area contributed by atoms with Crippen LogP contribution in [0.1, 0.15) is 32.1 Å². The molecule has 2 aliphatic heterocycles. The van der Waals surface area contributed by atoms with Crippen molar-refractivity contribution in [3.63, 3.8) is 0 Å². The summed E-state index contributed by atoms with van der Waals surface area (Å²) in [6, 6.07) is 1.44. The van der Waals surface area contributed by atoms with Gasteiger partial charge in [0.25, 0.3) is 0 Å². The van der Waals surface area contributed by atoms with Gasteiger partial charge in [-0.3, -0.25) is 0 Å². The molecule has 3 heteroatoms. The number of piperidine rings is 1. The smallest absolute Gasteiger partial charge is 0.0622 e. The minimum absolute atomic E-state index is 0.675. The molecule has 2 heterocycles. The van der Waals surface area contributed by atoms with Gasteiger partial charge in [-0.15, -0.1) is 0 Å². The number of likely N-dealkylation sites (N-methyl/N-ethyl adjacent to an activating group) is 1. The summed E-state index contributed by atoms with van der Waals surface area (Å²) in [5.41, 5.74) is 0. The third-order valence-electron chi connectivity index (χ3n) is 3.77. The second kappa shape index (κ2) is 5.83. The van der Waals surface area contributed by atoms with Gasteiger partial charge in [0.1, 0.15) is 0 Å². The molecule has 2 aliphatic rings. The normalized spacial score (nSPS) is 32.4. The maximum Gasteiger partial charge on any atom is 0.0622 e. The van der Waals surface area contributed by atoms with E-state index in [9.17, 15) is 0 Å². The van der Waals surface area contributed by atoms with Crippen molar-refractivity contribution in [3.8, 4) is 0 Å². The molecule has 0 radical (unpaired) electrons. The summed E-state index contributed by atoms with van der Waals surface area (Å²) in [5, 5.41) is 3.61. The summed E-state index contributed by atoms with van der Waals surface area (Å²) in [7, 11) is 2.24. The van der Waals surface area contributed by atoms with Gasteiger partial charge in [-0.1, -0.05) is 6.42 Å². The van der Waals surface area contributed by atoms with E-state index in [1.165, 1.54) is 45.2 Å². The molecule has 0 aromatic heterocycles. The van der Waals surface area contributed by atoms with Gasteiger partial charge in [-0.25, -0.2) is 0 Å². The van der Waals surface area contributed by atoms with Crippen LogP contribution in [0.25, 0.3) is 0 Å². The van der Waals surface area contributed by atoms with Crippen LogP contribution in [0.4, 0.5) is 0 Å². The lowest BCUT2D eigenvalue weighted by atomic mass is 10.0. The first-order chi connectivity index (χ1) is 7.36. The summed E-state index contributed by atoms with van der Waals surface area (Å²) in [4.78, 5) is 2.48. The average Bonchev–Trinajstić information content (AvgIpc) is 2.81. The van der Waals surface area contributed by atoms with Gasteiger partial charge in [-0.05, 0) is 45.8 Å². The lowest BCUT2D eigenvalue weighted by molar-refractivity contribution is 0.155. The molecule has 2 unspecified atom stereocenters. The summed E-state index contributed by atoms with van der Waals surface area (Å²) in [6.07, 6.45) is 6.66. The van der Waals surface area contributed by atoms with Gasteiger partial charge in [-0.2, -0.15) is 0 Å². The van der Waals surface area contributed by atoms with E-state index >= 15 is 0 Å². The highest BCUT2D eigenvalue weighted by Gasteiger charge is 2.21. The van der Waals surface area contributed by atoms with Crippen molar-refractivity contribution >= 4 is 0 Å². The van der Waals surface area contributed by atoms with E-state index in [4.69, 9.17) is 4.74 Å². The summed E-state index contributed by atoms with van der Waals surface area (Å²) in [6.45, 7) is 4.33. The van der Waals surface area contributed by atoms with E-state index in [2.05, 4.69) is 17.3 Å². The Morgan fingerprint density at radius 3 is 2.93 bits per heavy atom. The van der Waals surface area contributed by atoms with Gasteiger partial charge in [0.15, 0.2) is 0 Å². The van der Waals surface area contributed by atoms with Gasteiger partial charge in [0.05, 0.1) is 6.61 Å². The van der Waals surface area contributed by atoms with Crippen LogP contribution in [0.2, 0.25) is 0 Å². The first-order valence-electron chi connectivity index (χ1n) is 6.37. The Balaban J connectivity index is 1.63. The van der Waals surface area contributed by atoms with Crippen LogP contribution < -0.4 is 5.32 Å². The van der Waals surface area contributed by atoms with Crippen molar-refractivity contribution in [2.45, 2.75) is 44.2 Å². The van der Waals surface area contributed by atoms with Crippen LogP contribution in [-0.2, 0) is 4.74 Å². The zero-order chi connectivity index (χ0) is 10.5. The largest absolute Gasteiger partial charge is 0.380 e. The van der Waals surface area contributed by atoms with E-state index in [0.717, 1.165) is 19.3 Å². The first-order valence-corrected chi connectivity index (χ1v) is 6.37. The Labute approximate surface area is 93.2 Å². The molecular formula is C12H24N2O. The van der Waals surface area contributed by atoms with Crippen LogP contribution in [0.5, 0.6) is 0 Å². The molecule has 1 N–H and O–H groups in total. The summed E-state index contributed by atoms with van der Waals surface area (Å²) in [5.74, 6) is 0. The lowest BCUT2D eigenvalue weighted by Crippen LogP contribution is -2.39. The minimum Gasteiger partial charge on any atom is -0.380 e. The molecule has 0 spiro atoms. The molecular weight excluding hydrogens is 188 g/mol. The van der Waals surface area contributed by atoms with Crippen molar-refractivity contribution in [2.24, 2.45) is 0 Å². The van der Waals surface area contributed by atoms with Crippen molar-refractivity contribution in [1.82, 2.24) is 10.2 Å². The molecule has 2 atom stereocenters. The summed E-state index contributed by atoms with van der Waals surface area (Å²) >= 11 is 0. The predicted molar refractivity (Wildman–Crippen MR) is 62.1 cm³/mol. The zero-order valence-corrected chi connectivity index (χ0v) is 9.87. The Kier molecular flexibility index (Phi) is 4.42. The van der Waals surface area contributed by atoms with Crippen LogP contribution in [0, 0.1) is 0 Å². The highest BCUT2D eigenvalue weighted by Crippen LogP contribution is 2.14. The molecule has 0 aliphatic carbocycles. The molecule has 2 saturated heterocycles. The lowest BCUT2D eigenvalue weighted by Gasteiger charge is -2.28. The first kappa shape index (κ1) is 11.4. The zero-order valence-electron chi connectivity index (χ0n) is 9.87. The van der Waals surface area contributed by atoms with Crippen LogP contribution in [0.15, 0.2) is 0 Å². The molecule has 3 nitrogen and oxygen atoms in total. The number of ether oxygens (including phenoxy) is 1. The molecule has 0 bridgehead atoms. The Morgan fingerprint density at radius 1 is 1.33 bits per heavy atom. The van der Waals surface area contributed by atoms with Gasteiger partial charge in [0.2, 0.25) is 0 Å². The number of nitrogens with one attached hydrogen (secondary N) is 1. The molecule has 0 aromatic rings. The monoisotopic (exact) mass is 212 g/mol. The molecule has 15 heavy (non-hydrogen) atoms. The molecule has 0 saturated carbocycles. The Hall–Kier alpha value is -0.120. The molecule has 2 rings (SSSR count). The summed E-state index contributed by atoms with van der Waals surface area (Å²) < 4.78 is 5.41. The highest BCUT2D eigenvalue weighted by atomic mass is 16.5. The van der Waals surface area contributed by atoms with Gasteiger partial charge in [0, 0.05) is 18.7 Å². The molecule has 88 valence electrons. The molecule has 2 fully saturated rings. The number of rotatable bonds is 4. The van der Waals surface area contributed by atoms with Crippen LogP contribution in [0.3, 0.4) is 0 Å². The standard InChI is InChI=1S/C12H24N2O/c1-14(12-6-9-15-10-12)8-5-11-4-2-3-7-13-11/h11-13H,2-10H2,1H3. The van der Waals surface area contributed by atoms with E-state index in [-0.39, 0.29) is 0 Å². The highest BCUT2D eigenvalue weighted by molar-refractivity contribution is 4.77. The van der Waals surface area contributed by atoms with E-state index in [1.54, 1.807) is 0 Å². The number of hydrogen-bond donors (Lipinski definition) is 1. The maximum absolute atomic E-state index is 5.41. The maximum atomic E-state index is 5.41. The number of hydrogen-bond acceptors (Lipinski definition) is 3. The second-order valence-corrected chi connectivity index (χ2v) is 4.93. The fourth-order valence-electron chi connectivity index (χ4n) is 2.58. The molecule has 0 aromatic carbocycles. The predicted octanol–water partition coefficient (Wildman–Crippen LogP) is 1.24. The third kappa shape index (κ3) is 3.44. The fraction of sp³-hybridized carbons (Fsp3) is 1.00.